The smallest absolute Gasteiger partial charge is 0.140 e. The summed E-state index contributed by atoms with van der Waals surface area (Å²) in [6, 6.07) is 10.1. The minimum Gasteiger partial charge on any atom is -0.140 e. The molecule has 0 amide bonds. The summed E-state index contributed by atoms with van der Waals surface area (Å²) >= 11 is 5.39. The van der Waals surface area contributed by atoms with Crippen molar-refractivity contribution in [3.8, 4) is 0 Å². The zero-order valence-electron chi connectivity index (χ0n) is 8.63. The molecule has 1 aliphatic heterocycles. The first-order valence-electron chi connectivity index (χ1n) is 5.31. The average Bonchev–Trinajstić information content (AvgIpc) is 2.31. The first-order chi connectivity index (χ1) is 7.36. The minimum atomic E-state index is -0.889. The van der Waals surface area contributed by atoms with Gasteiger partial charge in [0, 0.05) is 13.1 Å². The van der Waals surface area contributed by atoms with Crippen molar-refractivity contribution in [2.24, 2.45) is 0 Å². The van der Waals surface area contributed by atoms with Crippen molar-refractivity contribution < 1.29 is 4.62 Å². The Morgan fingerprint density at radius 2 is 1.73 bits per heavy atom. The lowest BCUT2D eigenvalue weighted by Crippen LogP contribution is -2.28. The van der Waals surface area contributed by atoms with Crippen LogP contribution >= 0.6 is 6.92 Å². The number of hydrogen-bond acceptors (Lipinski definition) is 3. The maximum absolute atomic E-state index is 5.79. The zero-order valence-corrected chi connectivity index (χ0v) is 10.3. The topological polar surface area (TPSA) is 12.5 Å². The van der Waals surface area contributed by atoms with E-state index < -0.39 is 6.92 Å². The van der Waals surface area contributed by atoms with Crippen LogP contribution in [0.3, 0.4) is 0 Å². The van der Waals surface area contributed by atoms with Crippen LogP contribution in [0.25, 0.3) is 0 Å². The van der Waals surface area contributed by atoms with Crippen LogP contribution in [0.15, 0.2) is 30.3 Å². The summed E-state index contributed by atoms with van der Waals surface area (Å²) in [4.78, 5) is 0. The van der Waals surface area contributed by atoms with Gasteiger partial charge in [-0.15, -0.1) is 5.06 Å². The summed E-state index contributed by atoms with van der Waals surface area (Å²) in [5.41, 5.74) is 0. The normalized spacial score (nSPS) is 18.8. The minimum absolute atomic E-state index is 0.889. The Hall–Kier alpha value is -0.340. The van der Waals surface area contributed by atoms with Crippen molar-refractivity contribution in [2.45, 2.75) is 19.3 Å². The van der Waals surface area contributed by atoms with Crippen molar-refractivity contribution in [1.82, 2.24) is 5.06 Å². The fourth-order valence-electron chi connectivity index (χ4n) is 1.65. The highest BCUT2D eigenvalue weighted by Crippen LogP contribution is 2.25. The van der Waals surface area contributed by atoms with Crippen LogP contribution in [0.5, 0.6) is 0 Å². The Balaban J connectivity index is 1.91. The molecule has 80 valence electrons. The summed E-state index contributed by atoms with van der Waals surface area (Å²) in [7, 11) is 0. The molecule has 1 unspecified atom stereocenters. The van der Waals surface area contributed by atoms with Gasteiger partial charge in [-0.3, -0.25) is 0 Å². The molecule has 0 aromatic heterocycles. The summed E-state index contributed by atoms with van der Waals surface area (Å²) in [6.45, 7) is 1.17. The molecule has 1 atom stereocenters. The molecule has 0 N–H and O–H groups in total. The maximum Gasteiger partial charge on any atom is 0.399 e. The summed E-state index contributed by atoms with van der Waals surface area (Å²) < 4.78 is 5.79. The third kappa shape index (κ3) is 3.32. The largest absolute Gasteiger partial charge is 0.399 e. The van der Waals surface area contributed by atoms with Gasteiger partial charge in [-0.25, -0.2) is 0 Å². The first-order valence-corrected chi connectivity index (χ1v) is 7.59. The summed E-state index contributed by atoms with van der Waals surface area (Å²) in [5.74, 6) is 0. The third-order valence-corrected chi connectivity index (χ3v) is 4.40. The molecule has 15 heavy (non-hydrogen) atoms. The molecule has 0 bridgehead atoms. The lowest BCUT2D eigenvalue weighted by Gasteiger charge is -2.20. The predicted molar refractivity (Wildman–Crippen MR) is 66.9 cm³/mol. The van der Waals surface area contributed by atoms with E-state index in [9.17, 15) is 0 Å². The van der Waals surface area contributed by atoms with Crippen LogP contribution in [-0.4, -0.2) is 18.2 Å². The molecular formula is C11H15NOPS+. The second kappa shape index (κ2) is 5.66. The van der Waals surface area contributed by atoms with Gasteiger partial charge in [0.05, 0.1) is 0 Å². The third-order valence-electron chi connectivity index (χ3n) is 2.47. The second-order valence-corrected chi connectivity index (χ2v) is 5.85. The standard InChI is InChI=1S/C11H15NOPS/c15-14(11-7-3-1-4-8-11)13-12-9-5-2-6-10-12/h1,3-4,7-8H,2,5-6,9-10H2/q+1. The molecule has 0 aliphatic carbocycles. The fraction of sp³-hybridized carbons (Fsp3) is 0.455. The number of piperidine rings is 1. The van der Waals surface area contributed by atoms with Gasteiger partial charge in [0.15, 0.2) is 5.30 Å². The van der Waals surface area contributed by atoms with E-state index in [2.05, 4.69) is 0 Å². The van der Waals surface area contributed by atoms with Gasteiger partial charge in [-0.2, -0.15) is 0 Å². The van der Waals surface area contributed by atoms with E-state index in [1.807, 2.05) is 35.4 Å². The van der Waals surface area contributed by atoms with E-state index in [0.717, 1.165) is 18.4 Å². The number of hydroxylamine groups is 2. The van der Waals surface area contributed by atoms with Crippen LogP contribution < -0.4 is 5.30 Å². The van der Waals surface area contributed by atoms with Gasteiger partial charge >= 0.3 is 6.92 Å². The molecule has 4 heteroatoms. The van der Waals surface area contributed by atoms with Gasteiger partial charge < -0.3 is 0 Å². The van der Waals surface area contributed by atoms with Crippen molar-refractivity contribution in [1.29, 1.82) is 0 Å². The summed E-state index contributed by atoms with van der Waals surface area (Å²) in [6.07, 6.45) is 3.78. The summed E-state index contributed by atoms with van der Waals surface area (Å²) in [5, 5.41) is 3.17. The van der Waals surface area contributed by atoms with Crippen LogP contribution in [0, 0.1) is 0 Å². The van der Waals surface area contributed by atoms with Crippen LogP contribution in [0.1, 0.15) is 19.3 Å². The van der Waals surface area contributed by atoms with Gasteiger partial charge in [-0.05, 0) is 25.0 Å². The highest BCUT2D eigenvalue weighted by Gasteiger charge is 2.22. The molecule has 1 aliphatic rings. The Bertz CT molecular complexity index is 325. The van der Waals surface area contributed by atoms with Crippen molar-refractivity contribution in [2.75, 3.05) is 13.1 Å². The van der Waals surface area contributed by atoms with E-state index >= 15 is 0 Å². The fourth-order valence-corrected chi connectivity index (χ4v) is 3.18. The van der Waals surface area contributed by atoms with E-state index in [1.165, 1.54) is 19.3 Å². The lowest BCUT2D eigenvalue weighted by molar-refractivity contribution is -0.0570. The Labute approximate surface area is 96.7 Å². The molecule has 0 spiro atoms. The highest BCUT2D eigenvalue weighted by atomic mass is 32.4. The van der Waals surface area contributed by atoms with Gasteiger partial charge in [-0.1, -0.05) is 29.2 Å². The monoisotopic (exact) mass is 240 g/mol. The van der Waals surface area contributed by atoms with E-state index in [4.69, 9.17) is 16.4 Å². The SMILES string of the molecule is S=[P+](ON1CCCCC1)c1ccccc1. The number of nitrogens with zero attached hydrogens (tertiary/aromatic N) is 1. The van der Waals surface area contributed by atoms with E-state index in [0.29, 0.717) is 0 Å². The van der Waals surface area contributed by atoms with E-state index in [-0.39, 0.29) is 0 Å². The molecule has 2 rings (SSSR count). The quantitative estimate of drug-likeness (QED) is 0.753. The molecule has 1 saturated heterocycles. The van der Waals surface area contributed by atoms with Gasteiger partial charge in [0.1, 0.15) is 0 Å². The zero-order chi connectivity index (χ0) is 10.5. The highest BCUT2D eigenvalue weighted by molar-refractivity contribution is 8.06. The molecule has 0 radical (unpaired) electrons. The molecule has 1 aromatic rings. The number of benzene rings is 1. The van der Waals surface area contributed by atoms with Gasteiger partial charge in [0.2, 0.25) is 11.8 Å². The molecular weight excluding hydrogens is 225 g/mol. The second-order valence-electron chi connectivity index (χ2n) is 3.66. The molecule has 0 saturated carbocycles. The Morgan fingerprint density at radius 1 is 1.07 bits per heavy atom. The Morgan fingerprint density at radius 3 is 2.40 bits per heavy atom. The van der Waals surface area contributed by atoms with Gasteiger partial charge in [0.25, 0.3) is 0 Å². The van der Waals surface area contributed by atoms with Crippen molar-refractivity contribution in [3.63, 3.8) is 0 Å². The predicted octanol–water partition coefficient (Wildman–Crippen LogP) is 2.59. The first kappa shape index (κ1) is 11.2. The van der Waals surface area contributed by atoms with Crippen molar-refractivity contribution in [3.05, 3.63) is 30.3 Å². The van der Waals surface area contributed by atoms with Crippen LogP contribution in [0.2, 0.25) is 0 Å². The molecule has 1 heterocycles. The maximum atomic E-state index is 5.79. The number of rotatable bonds is 3. The molecule has 2 nitrogen and oxygen atoms in total. The molecule has 1 fully saturated rings. The number of hydrogen-bond donors (Lipinski definition) is 0. The lowest BCUT2D eigenvalue weighted by atomic mass is 10.2. The van der Waals surface area contributed by atoms with Crippen molar-refractivity contribution >= 4 is 24.0 Å². The van der Waals surface area contributed by atoms with Crippen LogP contribution in [0.4, 0.5) is 0 Å². The Kier molecular flexibility index (Phi) is 4.21. The average molecular weight is 240 g/mol. The van der Waals surface area contributed by atoms with E-state index in [1.54, 1.807) is 0 Å². The molecule has 1 aromatic carbocycles. The van der Waals surface area contributed by atoms with Crippen LogP contribution in [-0.2, 0) is 16.4 Å².